The minimum Gasteiger partial charge on any atom is -0.365 e. The molecule has 0 saturated heterocycles. The summed E-state index contributed by atoms with van der Waals surface area (Å²) in [5.41, 5.74) is 5.27. The van der Waals surface area contributed by atoms with E-state index in [2.05, 4.69) is 52.9 Å². The molecule has 1 N–H and O–H groups in total. The molecule has 0 atom stereocenters. The van der Waals surface area contributed by atoms with Gasteiger partial charge in [0.2, 0.25) is 0 Å². The van der Waals surface area contributed by atoms with Gasteiger partial charge in [-0.3, -0.25) is 9.97 Å². The Morgan fingerprint density at radius 3 is 1.73 bits per heavy atom. The minimum absolute atomic E-state index is 0.522. The van der Waals surface area contributed by atoms with Crippen molar-refractivity contribution >= 4 is 83.7 Å². The van der Waals surface area contributed by atoms with Crippen LogP contribution in [-0.2, 0) is 6.54 Å². The standard InChI is InChI=1S/C20H16Cl2N4S.C13H10ClN3S/c1-11-12(2)27-20-17(11)19(24-10-13-3-4-15(21)16(22)9-13)25-18(26-20)14-5-7-23-8-6-14;1-7-8(2)18-13-10(7)11(14)16-12(17-13)9-3-5-15-6-4-9/h3-9H,10H2,1-2H3,(H,24,25,26);3-6H,1-2H3. The molecule has 7 rings (SSSR count). The molecule has 12 heteroatoms. The van der Waals surface area contributed by atoms with Crippen molar-refractivity contribution in [3.8, 4) is 22.8 Å². The zero-order valence-electron chi connectivity index (χ0n) is 24.7. The fourth-order valence-corrected chi connectivity index (χ4v) is 7.42. The largest absolute Gasteiger partial charge is 0.365 e. The molecule has 0 spiro atoms. The molecule has 7 aromatic rings. The number of nitrogens with zero attached hydrogens (tertiary/aromatic N) is 6. The zero-order valence-corrected chi connectivity index (χ0v) is 28.6. The number of benzene rings is 1. The van der Waals surface area contributed by atoms with Gasteiger partial charge in [-0.2, -0.15) is 0 Å². The third kappa shape index (κ3) is 6.64. The van der Waals surface area contributed by atoms with E-state index in [1.165, 1.54) is 20.9 Å². The number of hydrogen-bond donors (Lipinski definition) is 1. The van der Waals surface area contributed by atoms with Crippen molar-refractivity contribution in [1.82, 2.24) is 29.9 Å². The summed E-state index contributed by atoms with van der Waals surface area (Å²) in [7, 11) is 0. The molecule has 6 heterocycles. The maximum absolute atomic E-state index is 6.27. The third-order valence-electron chi connectivity index (χ3n) is 7.33. The van der Waals surface area contributed by atoms with Crippen LogP contribution in [0.1, 0.15) is 26.4 Å². The first-order chi connectivity index (χ1) is 21.7. The Hall–Kier alpha value is -3.73. The molecule has 1 aromatic carbocycles. The van der Waals surface area contributed by atoms with Gasteiger partial charge >= 0.3 is 0 Å². The second-order valence-electron chi connectivity index (χ2n) is 10.2. The van der Waals surface area contributed by atoms with Gasteiger partial charge in [0.25, 0.3) is 0 Å². The number of anilines is 1. The first-order valence-electron chi connectivity index (χ1n) is 13.9. The molecule has 0 unspecified atom stereocenters. The van der Waals surface area contributed by atoms with E-state index in [0.717, 1.165) is 42.9 Å². The molecule has 0 aliphatic heterocycles. The first-order valence-corrected chi connectivity index (χ1v) is 16.7. The second-order valence-corrected chi connectivity index (χ2v) is 13.8. The molecule has 0 saturated carbocycles. The van der Waals surface area contributed by atoms with Gasteiger partial charge in [-0.05, 0) is 80.8 Å². The van der Waals surface area contributed by atoms with Crippen LogP contribution in [0.2, 0.25) is 15.2 Å². The van der Waals surface area contributed by atoms with Crippen molar-refractivity contribution in [2.24, 2.45) is 0 Å². The van der Waals surface area contributed by atoms with Crippen LogP contribution in [0.3, 0.4) is 0 Å². The minimum atomic E-state index is 0.522. The van der Waals surface area contributed by atoms with E-state index in [4.69, 9.17) is 44.8 Å². The molecule has 45 heavy (non-hydrogen) atoms. The Balaban J connectivity index is 0.000000172. The lowest BCUT2D eigenvalue weighted by Crippen LogP contribution is -2.04. The number of halogens is 3. The third-order valence-corrected chi connectivity index (χ3v) is 10.5. The molecule has 0 radical (unpaired) electrons. The summed E-state index contributed by atoms with van der Waals surface area (Å²) in [4.78, 5) is 31.0. The van der Waals surface area contributed by atoms with Gasteiger partial charge in [0, 0.05) is 52.2 Å². The molecule has 0 aliphatic rings. The van der Waals surface area contributed by atoms with Crippen molar-refractivity contribution in [1.29, 1.82) is 0 Å². The summed E-state index contributed by atoms with van der Waals surface area (Å²) in [6, 6.07) is 13.2. The summed E-state index contributed by atoms with van der Waals surface area (Å²) >= 11 is 21.7. The SMILES string of the molecule is Cc1sc2nc(-c3ccncc3)nc(Cl)c2c1C.Cc1sc2nc(-c3ccncc3)nc(NCc3ccc(Cl)c(Cl)c3)c2c1C. The van der Waals surface area contributed by atoms with E-state index >= 15 is 0 Å². The molecule has 0 amide bonds. The highest BCUT2D eigenvalue weighted by molar-refractivity contribution is 7.19. The van der Waals surface area contributed by atoms with Gasteiger partial charge in [0.05, 0.1) is 20.8 Å². The summed E-state index contributed by atoms with van der Waals surface area (Å²) in [5, 5.41) is 7.10. The van der Waals surface area contributed by atoms with Crippen LogP contribution in [0.15, 0.2) is 67.3 Å². The average Bonchev–Trinajstić information content (AvgIpc) is 3.51. The van der Waals surface area contributed by atoms with Gasteiger partial charge in [0.15, 0.2) is 11.6 Å². The fraction of sp³-hybridized carbons (Fsp3) is 0.152. The van der Waals surface area contributed by atoms with E-state index in [-0.39, 0.29) is 0 Å². The predicted molar refractivity (Wildman–Crippen MR) is 189 cm³/mol. The van der Waals surface area contributed by atoms with Gasteiger partial charge in [-0.1, -0.05) is 40.9 Å². The van der Waals surface area contributed by atoms with Crippen LogP contribution in [0.25, 0.3) is 43.2 Å². The quantitative estimate of drug-likeness (QED) is 0.180. The highest BCUT2D eigenvalue weighted by Gasteiger charge is 2.16. The van der Waals surface area contributed by atoms with Crippen molar-refractivity contribution in [3.05, 3.63) is 109 Å². The first kappa shape index (κ1) is 31.3. The number of hydrogen-bond acceptors (Lipinski definition) is 9. The number of fused-ring (bicyclic) bond motifs is 2. The molecular weight excluding hydrogens is 665 g/mol. The van der Waals surface area contributed by atoms with Crippen molar-refractivity contribution < 1.29 is 0 Å². The van der Waals surface area contributed by atoms with Crippen LogP contribution < -0.4 is 5.32 Å². The normalized spacial score (nSPS) is 11.1. The van der Waals surface area contributed by atoms with Gasteiger partial charge in [-0.25, -0.2) is 19.9 Å². The van der Waals surface area contributed by atoms with Crippen LogP contribution in [0.4, 0.5) is 5.82 Å². The lowest BCUT2D eigenvalue weighted by Gasteiger charge is -2.10. The molecule has 226 valence electrons. The summed E-state index contributed by atoms with van der Waals surface area (Å²) in [5.74, 6) is 2.15. The van der Waals surface area contributed by atoms with Crippen LogP contribution >= 0.6 is 57.5 Å². The van der Waals surface area contributed by atoms with Crippen molar-refractivity contribution in [2.75, 3.05) is 5.32 Å². The van der Waals surface area contributed by atoms with Gasteiger partial charge in [0.1, 0.15) is 20.6 Å². The number of aryl methyl sites for hydroxylation is 4. The van der Waals surface area contributed by atoms with E-state index in [1.54, 1.807) is 53.5 Å². The molecule has 0 bridgehead atoms. The molecular formula is C33H26Cl3N7S2. The Bertz CT molecular complexity index is 2150. The molecule has 6 aromatic heterocycles. The lowest BCUT2D eigenvalue weighted by molar-refractivity contribution is 1.11. The number of nitrogens with one attached hydrogen (secondary N) is 1. The smallest absolute Gasteiger partial charge is 0.163 e. The molecule has 0 fully saturated rings. The zero-order chi connectivity index (χ0) is 31.7. The number of pyridine rings is 2. The Morgan fingerprint density at radius 2 is 1.16 bits per heavy atom. The Kier molecular flexibility index (Phi) is 9.26. The molecule has 7 nitrogen and oxygen atoms in total. The Labute approximate surface area is 283 Å². The van der Waals surface area contributed by atoms with Crippen molar-refractivity contribution in [3.63, 3.8) is 0 Å². The number of aromatic nitrogens is 6. The maximum Gasteiger partial charge on any atom is 0.163 e. The van der Waals surface area contributed by atoms with Crippen LogP contribution in [0, 0.1) is 27.7 Å². The van der Waals surface area contributed by atoms with Crippen molar-refractivity contribution in [2.45, 2.75) is 34.2 Å². The van der Waals surface area contributed by atoms with Gasteiger partial charge in [-0.15, -0.1) is 22.7 Å². The van der Waals surface area contributed by atoms with Crippen LogP contribution in [0.5, 0.6) is 0 Å². The average molecular weight is 691 g/mol. The number of thiophene rings is 2. The second kappa shape index (κ2) is 13.3. The maximum atomic E-state index is 6.27. The van der Waals surface area contributed by atoms with E-state index in [1.807, 2.05) is 36.4 Å². The number of rotatable bonds is 5. The lowest BCUT2D eigenvalue weighted by atomic mass is 10.2. The van der Waals surface area contributed by atoms with Gasteiger partial charge < -0.3 is 5.32 Å². The van der Waals surface area contributed by atoms with Crippen LogP contribution in [-0.4, -0.2) is 29.9 Å². The monoisotopic (exact) mass is 689 g/mol. The summed E-state index contributed by atoms with van der Waals surface area (Å²) < 4.78 is 0. The Morgan fingerprint density at radius 1 is 0.622 bits per heavy atom. The topological polar surface area (TPSA) is 89.4 Å². The highest BCUT2D eigenvalue weighted by atomic mass is 35.5. The highest BCUT2D eigenvalue weighted by Crippen LogP contribution is 2.36. The predicted octanol–water partition coefficient (Wildman–Crippen LogP) is 10.3. The summed E-state index contributed by atoms with van der Waals surface area (Å²) in [6.45, 7) is 8.93. The van der Waals surface area contributed by atoms with E-state index < -0.39 is 0 Å². The van der Waals surface area contributed by atoms with E-state index in [9.17, 15) is 0 Å². The van der Waals surface area contributed by atoms with E-state index in [0.29, 0.717) is 33.4 Å². The molecule has 0 aliphatic carbocycles. The summed E-state index contributed by atoms with van der Waals surface area (Å²) in [6.07, 6.45) is 6.94. The fourth-order valence-electron chi connectivity index (χ4n) is 4.67.